The molecule has 0 aromatic rings. The summed E-state index contributed by atoms with van der Waals surface area (Å²) in [5.41, 5.74) is 0. The van der Waals surface area contributed by atoms with Gasteiger partial charge in [-0.1, -0.05) is 12.2 Å². The second kappa shape index (κ2) is 1.58. The summed E-state index contributed by atoms with van der Waals surface area (Å²) < 4.78 is 0. The first-order valence-electron chi connectivity index (χ1n) is 4.19. The molecule has 2 heteroatoms. The number of hydrogen-bond donors (Lipinski definition) is 1. The molecule has 0 spiro atoms. The highest BCUT2D eigenvalue weighted by Crippen LogP contribution is 2.55. The van der Waals surface area contributed by atoms with Crippen molar-refractivity contribution in [3.05, 3.63) is 12.2 Å². The second-order valence-corrected chi connectivity index (χ2v) is 3.90. The molecule has 5 atom stereocenters. The van der Waals surface area contributed by atoms with E-state index in [4.69, 9.17) is 0 Å². The van der Waals surface area contributed by atoms with Gasteiger partial charge in [0.05, 0.1) is 0 Å². The average Bonchev–Trinajstić information content (AvgIpc) is 2.58. The van der Waals surface area contributed by atoms with E-state index in [1.54, 1.807) is 0 Å². The zero-order chi connectivity index (χ0) is 7.59. The summed E-state index contributed by atoms with van der Waals surface area (Å²) in [4.78, 5) is 11.1. The molecule has 3 rings (SSSR count). The van der Waals surface area contributed by atoms with Gasteiger partial charge in [0.2, 0.25) is 0 Å². The normalized spacial score (nSPS) is 57.9. The van der Waals surface area contributed by atoms with Crippen LogP contribution in [0, 0.1) is 23.7 Å². The highest BCUT2D eigenvalue weighted by Gasteiger charge is 2.60. The van der Waals surface area contributed by atoms with Crippen molar-refractivity contribution in [2.24, 2.45) is 23.7 Å². The Balaban J connectivity index is 2.01. The number of ketones is 1. The lowest BCUT2D eigenvalue weighted by molar-refractivity contribution is -0.153. The highest BCUT2D eigenvalue weighted by molar-refractivity contribution is 5.93. The van der Waals surface area contributed by atoms with Gasteiger partial charge in [0.25, 0.3) is 0 Å². The maximum atomic E-state index is 11.1. The van der Waals surface area contributed by atoms with E-state index >= 15 is 0 Å². The van der Waals surface area contributed by atoms with Crippen molar-refractivity contribution in [3.63, 3.8) is 0 Å². The third kappa shape index (κ3) is 0.486. The van der Waals surface area contributed by atoms with Crippen LogP contribution in [0.5, 0.6) is 0 Å². The summed E-state index contributed by atoms with van der Waals surface area (Å²) in [7, 11) is 0. The summed E-state index contributed by atoms with van der Waals surface area (Å²) in [6, 6.07) is 0. The maximum absolute atomic E-state index is 11.1. The van der Waals surface area contributed by atoms with Crippen LogP contribution in [0.25, 0.3) is 0 Å². The fraction of sp³-hybridized carbons (Fsp3) is 0.667. The zero-order valence-electron chi connectivity index (χ0n) is 6.10. The molecule has 1 N–H and O–H groups in total. The molecular formula is C9H10O2. The lowest BCUT2D eigenvalue weighted by Crippen LogP contribution is -2.53. The molecule has 0 heterocycles. The Morgan fingerprint density at radius 3 is 2.82 bits per heavy atom. The number of carbonyl (C=O) groups excluding carboxylic acids is 1. The molecule has 3 aliphatic carbocycles. The molecule has 2 fully saturated rings. The van der Waals surface area contributed by atoms with Crippen LogP contribution in [0.15, 0.2) is 12.2 Å². The SMILES string of the molecule is O=C1[C@@H]2[C@@H]([C@@H]3C=C[C@H]2C3)[C@@H]1O. The number of aliphatic hydroxyl groups is 1. The molecular weight excluding hydrogens is 140 g/mol. The number of fused-ring (bicyclic) bond motifs is 5. The van der Waals surface area contributed by atoms with Gasteiger partial charge in [-0.3, -0.25) is 4.79 Å². The van der Waals surface area contributed by atoms with Crippen molar-refractivity contribution in [1.29, 1.82) is 0 Å². The Hall–Kier alpha value is -0.630. The van der Waals surface area contributed by atoms with E-state index in [0.29, 0.717) is 11.8 Å². The van der Waals surface area contributed by atoms with Gasteiger partial charge in [-0.05, 0) is 18.3 Å². The van der Waals surface area contributed by atoms with E-state index in [9.17, 15) is 9.90 Å². The van der Waals surface area contributed by atoms with Crippen molar-refractivity contribution in [1.82, 2.24) is 0 Å². The molecule has 0 aliphatic heterocycles. The van der Waals surface area contributed by atoms with E-state index in [2.05, 4.69) is 12.2 Å². The van der Waals surface area contributed by atoms with E-state index in [-0.39, 0.29) is 17.6 Å². The third-order valence-corrected chi connectivity index (χ3v) is 3.50. The second-order valence-electron chi connectivity index (χ2n) is 3.90. The van der Waals surface area contributed by atoms with Gasteiger partial charge in [-0.25, -0.2) is 0 Å². The first kappa shape index (κ1) is 5.95. The Kier molecular flexibility index (Phi) is 0.856. The Morgan fingerprint density at radius 2 is 2.09 bits per heavy atom. The average molecular weight is 150 g/mol. The standard InChI is InChI=1S/C9H10O2/c10-8-6-4-1-2-5(3-4)7(6)9(8)11/h1-2,4-8,10H,3H2/t4-,5+,6-,7+,8+/m1/s1. The summed E-state index contributed by atoms with van der Waals surface area (Å²) in [6.07, 6.45) is 4.80. The van der Waals surface area contributed by atoms with Gasteiger partial charge in [0.1, 0.15) is 6.10 Å². The molecule has 0 aromatic heterocycles. The number of hydrogen-bond acceptors (Lipinski definition) is 2. The Labute approximate surface area is 64.9 Å². The van der Waals surface area contributed by atoms with E-state index in [1.807, 2.05) is 0 Å². The molecule has 0 unspecified atom stereocenters. The van der Waals surface area contributed by atoms with Crippen molar-refractivity contribution in [2.45, 2.75) is 12.5 Å². The molecule has 0 amide bonds. The monoisotopic (exact) mass is 150 g/mol. The highest BCUT2D eigenvalue weighted by atomic mass is 16.3. The molecule has 2 nitrogen and oxygen atoms in total. The number of carbonyl (C=O) groups is 1. The molecule has 0 saturated heterocycles. The van der Waals surface area contributed by atoms with Crippen LogP contribution >= 0.6 is 0 Å². The van der Waals surface area contributed by atoms with Crippen LogP contribution in [0.2, 0.25) is 0 Å². The lowest BCUT2D eigenvalue weighted by Gasteiger charge is -2.40. The van der Waals surface area contributed by atoms with Gasteiger partial charge in [0.15, 0.2) is 5.78 Å². The smallest absolute Gasteiger partial charge is 0.165 e. The zero-order valence-corrected chi connectivity index (χ0v) is 6.10. The number of aliphatic hydroxyl groups excluding tert-OH is 1. The lowest BCUT2D eigenvalue weighted by atomic mass is 9.65. The summed E-state index contributed by atoms with van der Waals surface area (Å²) in [5, 5.41) is 9.33. The van der Waals surface area contributed by atoms with Crippen molar-refractivity contribution >= 4 is 5.78 Å². The molecule has 2 saturated carbocycles. The molecule has 2 bridgehead atoms. The molecule has 3 aliphatic rings. The fourth-order valence-electron chi connectivity index (χ4n) is 2.96. The minimum absolute atomic E-state index is 0.0897. The molecule has 0 radical (unpaired) electrons. The molecule has 58 valence electrons. The Morgan fingerprint density at radius 1 is 1.36 bits per heavy atom. The number of rotatable bonds is 0. The van der Waals surface area contributed by atoms with Crippen molar-refractivity contribution < 1.29 is 9.90 Å². The predicted octanol–water partition coefficient (Wildman–Crippen LogP) is 0.368. The summed E-state index contributed by atoms with van der Waals surface area (Å²) in [5.74, 6) is 1.56. The first-order chi connectivity index (χ1) is 5.29. The predicted molar refractivity (Wildman–Crippen MR) is 38.7 cm³/mol. The van der Waals surface area contributed by atoms with Gasteiger partial charge < -0.3 is 5.11 Å². The maximum Gasteiger partial charge on any atom is 0.165 e. The van der Waals surface area contributed by atoms with E-state index in [1.165, 1.54) is 0 Å². The number of allylic oxidation sites excluding steroid dienone is 2. The molecule has 11 heavy (non-hydrogen) atoms. The minimum Gasteiger partial charge on any atom is -0.385 e. The third-order valence-electron chi connectivity index (χ3n) is 3.50. The van der Waals surface area contributed by atoms with E-state index < -0.39 is 6.10 Å². The first-order valence-corrected chi connectivity index (χ1v) is 4.19. The van der Waals surface area contributed by atoms with E-state index in [0.717, 1.165) is 6.42 Å². The van der Waals surface area contributed by atoms with Crippen LogP contribution in [0.4, 0.5) is 0 Å². The van der Waals surface area contributed by atoms with Gasteiger partial charge >= 0.3 is 0 Å². The van der Waals surface area contributed by atoms with Crippen LogP contribution in [-0.2, 0) is 4.79 Å². The van der Waals surface area contributed by atoms with Gasteiger partial charge in [-0.15, -0.1) is 0 Å². The van der Waals surface area contributed by atoms with Gasteiger partial charge in [0, 0.05) is 11.8 Å². The van der Waals surface area contributed by atoms with Crippen molar-refractivity contribution in [2.75, 3.05) is 0 Å². The summed E-state index contributed by atoms with van der Waals surface area (Å²) >= 11 is 0. The van der Waals surface area contributed by atoms with Crippen LogP contribution in [-0.4, -0.2) is 17.0 Å². The Bertz CT molecular complexity index is 256. The fourth-order valence-corrected chi connectivity index (χ4v) is 2.96. The minimum atomic E-state index is -0.625. The van der Waals surface area contributed by atoms with Crippen molar-refractivity contribution in [3.8, 4) is 0 Å². The largest absolute Gasteiger partial charge is 0.385 e. The summed E-state index contributed by atoms with van der Waals surface area (Å²) in [6.45, 7) is 0. The van der Waals surface area contributed by atoms with Crippen LogP contribution < -0.4 is 0 Å². The quantitative estimate of drug-likeness (QED) is 0.506. The van der Waals surface area contributed by atoms with Gasteiger partial charge in [-0.2, -0.15) is 0 Å². The number of Topliss-reactive ketones (excluding diaryl/α,β-unsaturated/α-hetero) is 1. The van der Waals surface area contributed by atoms with Crippen LogP contribution in [0.1, 0.15) is 6.42 Å². The topological polar surface area (TPSA) is 37.3 Å². The molecule has 0 aromatic carbocycles. The van der Waals surface area contributed by atoms with Crippen LogP contribution in [0.3, 0.4) is 0 Å².